The molecule has 1 amide bonds. The van der Waals surface area contributed by atoms with Crippen molar-refractivity contribution in [1.29, 1.82) is 0 Å². The van der Waals surface area contributed by atoms with Crippen LogP contribution in [-0.4, -0.2) is 30.2 Å². The van der Waals surface area contributed by atoms with Crippen LogP contribution < -0.4 is 5.32 Å². The molecule has 1 fully saturated rings. The molecule has 1 aliphatic rings. The van der Waals surface area contributed by atoms with Crippen molar-refractivity contribution in [3.05, 3.63) is 58.6 Å². The number of hydrogen-bond donors (Lipinski definition) is 1. The first-order chi connectivity index (χ1) is 11.7. The minimum absolute atomic E-state index is 0.0511. The van der Waals surface area contributed by atoms with E-state index in [-0.39, 0.29) is 5.91 Å². The van der Waals surface area contributed by atoms with Crippen LogP contribution in [0.25, 0.3) is 0 Å². The summed E-state index contributed by atoms with van der Waals surface area (Å²) in [6.07, 6.45) is 4.27. The third kappa shape index (κ3) is 4.41. The quantitative estimate of drug-likeness (QED) is 0.715. The summed E-state index contributed by atoms with van der Waals surface area (Å²) in [5.41, 5.74) is 2.14. The zero-order valence-corrected chi connectivity index (χ0v) is 16.1. The van der Waals surface area contributed by atoms with Crippen LogP contribution in [0.5, 0.6) is 0 Å². The van der Waals surface area contributed by atoms with Crippen molar-refractivity contribution in [2.24, 2.45) is 0 Å². The fraction of sp³-hybridized carbons (Fsp3) is 0.316. The summed E-state index contributed by atoms with van der Waals surface area (Å²) in [5, 5.41) is 3.02. The lowest BCUT2D eigenvalue weighted by molar-refractivity contribution is -0.117. The van der Waals surface area contributed by atoms with Gasteiger partial charge in [-0.15, -0.1) is 11.8 Å². The molecule has 1 N–H and O–H groups in total. The van der Waals surface area contributed by atoms with Crippen LogP contribution in [0.2, 0.25) is 0 Å². The topological polar surface area (TPSA) is 32.3 Å². The number of carbonyl (C=O) groups is 1. The van der Waals surface area contributed by atoms with E-state index in [4.69, 9.17) is 0 Å². The molecular formula is C19H21BrN2OS. The highest BCUT2D eigenvalue weighted by molar-refractivity contribution is 9.10. The predicted octanol–water partition coefficient (Wildman–Crippen LogP) is 4.95. The van der Waals surface area contributed by atoms with Gasteiger partial charge >= 0.3 is 0 Å². The van der Waals surface area contributed by atoms with Crippen molar-refractivity contribution in [2.75, 3.05) is 24.7 Å². The Morgan fingerprint density at radius 1 is 1.29 bits per heavy atom. The number of halogens is 1. The largest absolute Gasteiger partial charge is 0.325 e. The standard InChI is InChI=1S/C19H21BrN2OS/c1-24-17-8-3-7-16(12-17)21-19(23)13-22-10-4-9-18(22)14-5-2-6-15(20)11-14/h2-3,5-8,11-12,18H,4,9-10,13H2,1H3,(H,21,23). The van der Waals surface area contributed by atoms with Gasteiger partial charge in [-0.2, -0.15) is 0 Å². The molecule has 24 heavy (non-hydrogen) atoms. The third-order valence-electron chi connectivity index (χ3n) is 4.30. The molecule has 1 unspecified atom stereocenters. The van der Waals surface area contributed by atoms with Gasteiger partial charge in [-0.25, -0.2) is 0 Å². The Morgan fingerprint density at radius 3 is 2.92 bits per heavy atom. The molecule has 1 aliphatic heterocycles. The highest BCUT2D eigenvalue weighted by atomic mass is 79.9. The predicted molar refractivity (Wildman–Crippen MR) is 105 cm³/mol. The van der Waals surface area contributed by atoms with Crippen LogP contribution in [0.1, 0.15) is 24.4 Å². The van der Waals surface area contributed by atoms with Crippen molar-refractivity contribution in [1.82, 2.24) is 4.90 Å². The molecule has 3 nitrogen and oxygen atoms in total. The van der Waals surface area contributed by atoms with Crippen molar-refractivity contribution >= 4 is 39.3 Å². The van der Waals surface area contributed by atoms with E-state index >= 15 is 0 Å². The lowest BCUT2D eigenvalue weighted by atomic mass is 10.0. The fourth-order valence-corrected chi connectivity index (χ4v) is 4.07. The lowest BCUT2D eigenvalue weighted by Gasteiger charge is -2.24. The summed E-state index contributed by atoms with van der Waals surface area (Å²) < 4.78 is 1.09. The molecule has 2 aromatic rings. The Balaban J connectivity index is 1.64. The van der Waals surface area contributed by atoms with Gasteiger partial charge in [0.05, 0.1) is 6.54 Å². The molecule has 1 saturated heterocycles. The van der Waals surface area contributed by atoms with E-state index in [0.29, 0.717) is 12.6 Å². The smallest absolute Gasteiger partial charge is 0.238 e. The Labute approximate surface area is 155 Å². The minimum atomic E-state index is 0.0511. The summed E-state index contributed by atoms with van der Waals surface area (Å²) in [7, 11) is 0. The van der Waals surface area contributed by atoms with Crippen LogP contribution in [0.3, 0.4) is 0 Å². The number of benzene rings is 2. The zero-order valence-electron chi connectivity index (χ0n) is 13.7. The Hall–Kier alpha value is -1.30. The first kappa shape index (κ1) is 17.5. The molecular weight excluding hydrogens is 384 g/mol. The van der Waals surface area contributed by atoms with Gasteiger partial charge in [0.15, 0.2) is 0 Å². The Bertz CT molecular complexity index is 722. The number of rotatable bonds is 5. The molecule has 5 heteroatoms. The van der Waals surface area contributed by atoms with Gasteiger partial charge in [0.25, 0.3) is 0 Å². The van der Waals surface area contributed by atoms with E-state index in [9.17, 15) is 4.79 Å². The van der Waals surface area contributed by atoms with E-state index in [1.807, 2.05) is 36.6 Å². The summed E-state index contributed by atoms with van der Waals surface area (Å²) in [5.74, 6) is 0.0511. The van der Waals surface area contributed by atoms with E-state index in [0.717, 1.165) is 34.4 Å². The molecule has 0 aliphatic carbocycles. The molecule has 126 valence electrons. The first-order valence-electron chi connectivity index (χ1n) is 8.09. The van der Waals surface area contributed by atoms with Crippen LogP contribution in [0.15, 0.2) is 57.9 Å². The first-order valence-corrected chi connectivity index (χ1v) is 10.1. The van der Waals surface area contributed by atoms with Crippen LogP contribution in [-0.2, 0) is 4.79 Å². The number of nitrogens with one attached hydrogen (secondary N) is 1. The third-order valence-corrected chi connectivity index (χ3v) is 5.52. The van der Waals surface area contributed by atoms with Gasteiger partial charge < -0.3 is 5.32 Å². The van der Waals surface area contributed by atoms with E-state index < -0.39 is 0 Å². The SMILES string of the molecule is CSc1cccc(NC(=O)CN2CCCC2c2cccc(Br)c2)c1. The number of amides is 1. The van der Waals surface area contributed by atoms with Gasteiger partial charge in [0.2, 0.25) is 5.91 Å². The van der Waals surface area contributed by atoms with Crippen molar-refractivity contribution in [3.8, 4) is 0 Å². The Kier molecular flexibility index (Phi) is 5.98. The maximum Gasteiger partial charge on any atom is 0.238 e. The number of hydrogen-bond acceptors (Lipinski definition) is 3. The lowest BCUT2D eigenvalue weighted by Crippen LogP contribution is -2.32. The molecule has 0 bridgehead atoms. The van der Waals surface area contributed by atoms with Gasteiger partial charge in [0.1, 0.15) is 0 Å². The summed E-state index contributed by atoms with van der Waals surface area (Å²) in [6.45, 7) is 1.40. The molecule has 1 heterocycles. The average molecular weight is 405 g/mol. The van der Waals surface area contributed by atoms with E-state index in [1.54, 1.807) is 11.8 Å². The second-order valence-electron chi connectivity index (χ2n) is 5.96. The van der Waals surface area contributed by atoms with Crippen molar-refractivity contribution in [2.45, 2.75) is 23.8 Å². The zero-order chi connectivity index (χ0) is 16.9. The highest BCUT2D eigenvalue weighted by Crippen LogP contribution is 2.32. The monoisotopic (exact) mass is 404 g/mol. The molecule has 0 saturated carbocycles. The average Bonchev–Trinajstić information content (AvgIpc) is 3.03. The molecule has 2 aromatic carbocycles. The van der Waals surface area contributed by atoms with Crippen LogP contribution in [0, 0.1) is 0 Å². The molecule has 0 aromatic heterocycles. The van der Waals surface area contributed by atoms with Crippen LogP contribution in [0.4, 0.5) is 5.69 Å². The van der Waals surface area contributed by atoms with E-state index in [2.05, 4.69) is 44.3 Å². The molecule has 3 rings (SSSR count). The summed E-state index contributed by atoms with van der Waals surface area (Å²) in [6, 6.07) is 16.7. The number of thioether (sulfide) groups is 1. The van der Waals surface area contributed by atoms with Gasteiger partial charge in [0, 0.05) is 21.1 Å². The second kappa shape index (κ2) is 8.19. The normalized spacial score (nSPS) is 17.8. The number of likely N-dealkylation sites (tertiary alicyclic amines) is 1. The molecule has 0 radical (unpaired) electrons. The number of nitrogens with zero attached hydrogens (tertiary/aromatic N) is 1. The second-order valence-corrected chi connectivity index (χ2v) is 7.76. The molecule has 0 spiro atoms. The van der Waals surface area contributed by atoms with Crippen molar-refractivity contribution < 1.29 is 4.79 Å². The van der Waals surface area contributed by atoms with E-state index in [1.165, 1.54) is 5.56 Å². The van der Waals surface area contributed by atoms with Crippen molar-refractivity contribution in [3.63, 3.8) is 0 Å². The number of carbonyl (C=O) groups excluding carboxylic acids is 1. The van der Waals surface area contributed by atoms with Gasteiger partial charge in [-0.1, -0.05) is 34.1 Å². The highest BCUT2D eigenvalue weighted by Gasteiger charge is 2.27. The molecule has 1 atom stereocenters. The van der Waals surface area contributed by atoms with Crippen LogP contribution >= 0.6 is 27.7 Å². The maximum absolute atomic E-state index is 12.4. The minimum Gasteiger partial charge on any atom is -0.325 e. The van der Waals surface area contributed by atoms with Gasteiger partial charge in [-0.05, 0) is 61.5 Å². The number of anilines is 1. The summed E-state index contributed by atoms with van der Waals surface area (Å²) in [4.78, 5) is 15.9. The van der Waals surface area contributed by atoms with Gasteiger partial charge in [-0.3, -0.25) is 9.69 Å². The summed E-state index contributed by atoms with van der Waals surface area (Å²) >= 11 is 5.21. The fourth-order valence-electron chi connectivity index (χ4n) is 3.19. The Morgan fingerprint density at radius 2 is 2.12 bits per heavy atom. The maximum atomic E-state index is 12.4.